The van der Waals surface area contributed by atoms with E-state index in [0.29, 0.717) is 6.42 Å². The zero-order valence-corrected chi connectivity index (χ0v) is 11.4. The van der Waals surface area contributed by atoms with Crippen molar-refractivity contribution < 1.29 is 13.5 Å². The molecule has 2 N–H and O–H groups in total. The van der Waals surface area contributed by atoms with E-state index in [-0.39, 0.29) is 6.61 Å². The fraction of sp³-hybridized carbons (Fsp3) is 0.385. The van der Waals surface area contributed by atoms with Gasteiger partial charge in [-0.1, -0.05) is 30.3 Å². The van der Waals surface area contributed by atoms with Crippen LogP contribution in [-0.4, -0.2) is 25.7 Å². The fourth-order valence-corrected chi connectivity index (χ4v) is 2.76. The first-order valence-electron chi connectivity index (χ1n) is 5.73. The molecule has 0 aliphatic rings. The second kappa shape index (κ2) is 6.13. The average Bonchev–Trinajstić information content (AvgIpc) is 2.26. The molecule has 0 amide bonds. The molecule has 5 heteroatoms. The van der Waals surface area contributed by atoms with Crippen molar-refractivity contribution in [2.24, 2.45) is 0 Å². The van der Waals surface area contributed by atoms with Gasteiger partial charge in [0.05, 0.1) is 0 Å². The van der Waals surface area contributed by atoms with E-state index in [9.17, 15) is 8.42 Å². The topological polar surface area (TPSA) is 66.4 Å². The smallest absolute Gasteiger partial charge is 0.234 e. The van der Waals surface area contributed by atoms with Gasteiger partial charge < -0.3 is 5.11 Å². The monoisotopic (exact) mass is 269 g/mol. The molecule has 0 aliphatic heterocycles. The Balaban J connectivity index is 2.74. The van der Waals surface area contributed by atoms with Crippen LogP contribution in [0.1, 0.15) is 25.8 Å². The summed E-state index contributed by atoms with van der Waals surface area (Å²) in [5.74, 6) is 0. The third-order valence-electron chi connectivity index (χ3n) is 2.39. The van der Waals surface area contributed by atoms with Gasteiger partial charge >= 0.3 is 0 Å². The quantitative estimate of drug-likeness (QED) is 0.826. The number of nitrogens with one attached hydrogen (secondary N) is 1. The molecule has 0 heterocycles. The van der Waals surface area contributed by atoms with Crippen molar-refractivity contribution in [3.05, 3.63) is 41.3 Å². The van der Waals surface area contributed by atoms with Gasteiger partial charge in [0.2, 0.25) is 10.0 Å². The lowest BCUT2D eigenvalue weighted by Crippen LogP contribution is -2.42. The van der Waals surface area contributed by atoms with Crippen LogP contribution >= 0.6 is 0 Å². The van der Waals surface area contributed by atoms with E-state index in [2.05, 4.69) is 4.72 Å². The highest BCUT2D eigenvalue weighted by Gasteiger charge is 2.22. The summed E-state index contributed by atoms with van der Waals surface area (Å²) in [6.07, 6.45) is 1.91. The van der Waals surface area contributed by atoms with Crippen LogP contribution in [-0.2, 0) is 10.0 Å². The third-order valence-corrected chi connectivity index (χ3v) is 3.73. The maximum absolute atomic E-state index is 11.8. The summed E-state index contributed by atoms with van der Waals surface area (Å²) in [6.45, 7) is 3.41. The first-order valence-corrected chi connectivity index (χ1v) is 7.27. The molecule has 1 aromatic rings. The Kier molecular flexibility index (Phi) is 5.07. The normalized spacial score (nSPS) is 13.1. The van der Waals surface area contributed by atoms with Gasteiger partial charge in [-0.2, -0.15) is 0 Å². The molecule has 0 bridgehead atoms. The summed E-state index contributed by atoms with van der Waals surface area (Å²) in [7, 11) is -3.50. The molecule has 0 unspecified atom stereocenters. The molecule has 0 aliphatic carbocycles. The van der Waals surface area contributed by atoms with Gasteiger partial charge in [-0.15, -0.1) is 0 Å². The van der Waals surface area contributed by atoms with Crippen LogP contribution in [0.3, 0.4) is 0 Å². The van der Waals surface area contributed by atoms with Crippen molar-refractivity contribution in [1.29, 1.82) is 0 Å². The lowest BCUT2D eigenvalue weighted by molar-refractivity contribution is 0.246. The molecular weight excluding hydrogens is 250 g/mol. The van der Waals surface area contributed by atoms with E-state index in [0.717, 1.165) is 11.0 Å². The van der Waals surface area contributed by atoms with Crippen LogP contribution in [0, 0.1) is 0 Å². The Morgan fingerprint density at radius 3 is 2.44 bits per heavy atom. The maximum atomic E-state index is 11.8. The van der Waals surface area contributed by atoms with Gasteiger partial charge in [-0.3, -0.25) is 0 Å². The van der Waals surface area contributed by atoms with Gasteiger partial charge in [0.25, 0.3) is 0 Å². The maximum Gasteiger partial charge on any atom is 0.234 e. The van der Waals surface area contributed by atoms with Crippen LogP contribution in [0.5, 0.6) is 0 Å². The van der Waals surface area contributed by atoms with Crippen molar-refractivity contribution >= 4 is 16.1 Å². The van der Waals surface area contributed by atoms with E-state index in [1.54, 1.807) is 13.8 Å². The minimum Gasteiger partial charge on any atom is -0.396 e. The molecule has 0 spiro atoms. The summed E-state index contributed by atoms with van der Waals surface area (Å²) in [4.78, 5) is 0. The minimum atomic E-state index is -3.50. The number of sulfonamides is 1. The van der Waals surface area contributed by atoms with Crippen molar-refractivity contribution in [2.75, 3.05) is 6.61 Å². The minimum absolute atomic E-state index is 0.0576. The third kappa shape index (κ3) is 5.44. The lowest BCUT2D eigenvalue weighted by atomic mass is 10.0. The molecule has 0 atom stereocenters. The molecule has 100 valence electrons. The van der Waals surface area contributed by atoms with Crippen molar-refractivity contribution in [3.63, 3.8) is 0 Å². The Morgan fingerprint density at radius 2 is 1.89 bits per heavy atom. The molecule has 18 heavy (non-hydrogen) atoms. The first-order chi connectivity index (χ1) is 8.35. The van der Waals surface area contributed by atoms with Crippen LogP contribution in [0.15, 0.2) is 35.7 Å². The molecule has 0 fully saturated rings. The largest absolute Gasteiger partial charge is 0.396 e. The average molecular weight is 269 g/mol. The summed E-state index contributed by atoms with van der Waals surface area (Å²) in [5, 5.41) is 9.99. The Morgan fingerprint density at radius 1 is 1.28 bits per heavy atom. The number of benzene rings is 1. The van der Waals surface area contributed by atoms with Crippen LogP contribution in [0.25, 0.3) is 6.08 Å². The lowest BCUT2D eigenvalue weighted by Gasteiger charge is -2.23. The standard InChI is InChI=1S/C13H19NO3S/c1-13(2,9-10-15)14-18(16,17)11-8-12-6-4-3-5-7-12/h3-8,11,14-15H,9-10H2,1-2H3/b11-8+. The summed E-state index contributed by atoms with van der Waals surface area (Å²) in [5.41, 5.74) is 0.164. The molecular formula is C13H19NO3S. The number of aliphatic hydroxyl groups is 1. The van der Waals surface area contributed by atoms with E-state index in [1.165, 1.54) is 6.08 Å². The highest BCUT2D eigenvalue weighted by molar-refractivity contribution is 7.92. The number of rotatable bonds is 6. The summed E-state index contributed by atoms with van der Waals surface area (Å²) in [6, 6.07) is 9.20. The van der Waals surface area contributed by atoms with Gasteiger partial charge in [-0.05, 0) is 31.9 Å². The Labute approximate surface area is 108 Å². The van der Waals surface area contributed by atoms with Crippen LogP contribution < -0.4 is 4.72 Å². The first kappa shape index (κ1) is 14.9. The van der Waals surface area contributed by atoms with Gasteiger partial charge in [0, 0.05) is 17.6 Å². The number of hydrogen-bond donors (Lipinski definition) is 2. The van der Waals surface area contributed by atoms with E-state index >= 15 is 0 Å². The molecule has 0 saturated carbocycles. The second-order valence-electron chi connectivity index (χ2n) is 4.72. The fourth-order valence-electron chi connectivity index (χ4n) is 1.48. The zero-order valence-electron chi connectivity index (χ0n) is 10.6. The molecule has 4 nitrogen and oxygen atoms in total. The number of hydrogen-bond acceptors (Lipinski definition) is 3. The van der Waals surface area contributed by atoms with Crippen molar-refractivity contribution in [2.45, 2.75) is 25.8 Å². The van der Waals surface area contributed by atoms with Crippen LogP contribution in [0.4, 0.5) is 0 Å². The predicted molar refractivity (Wildman–Crippen MR) is 73.3 cm³/mol. The van der Waals surface area contributed by atoms with Gasteiger partial charge in [-0.25, -0.2) is 13.1 Å². The highest BCUT2D eigenvalue weighted by atomic mass is 32.2. The van der Waals surface area contributed by atoms with Crippen molar-refractivity contribution in [3.8, 4) is 0 Å². The Bertz CT molecular complexity index is 492. The molecule has 1 aromatic carbocycles. The van der Waals surface area contributed by atoms with E-state index in [4.69, 9.17) is 5.11 Å². The van der Waals surface area contributed by atoms with E-state index in [1.807, 2.05) is 30.3 Å². The molecule has 0 radical (unpaired) electrons. The predicted octanol–water partition coefficient (Wildman–Crippen LogP) is 1.74. The number of aliphatic hydroxyl groups excluding tert-OH is 1. The highest BCUT2D eigenvalue weighted by Crippen LogP contribution is 2.11. The van der Waals surface area contributed by atoms with E-state index < -0.39 is 15.6 Å². The SMILES string of the molecule is CC(C)(CCO)NS(=O)(=O)/C=C/c1ccccc1. The summed E-state index contributed by atoms with van der Waals surface area (Å²) < 4.78 is 26.2. The molecule has 1 rings (SSSR count). The second-order valence-corrected chi connectivity index (χ2v) is 6.28. The summed E-state index contributed by atoms with van der Waals surface area (Å²) >= 11 is 0. The van der Waals surface area contributed by atoms with Gasteiger partial charge in [0.15, 0.2) is 0 Å². The Hall–Kier alpha value is -1.17. The van der Waals surface area contributed by atoms with Crippen LogP contribution in [0.2, 0.25) is 0 Å². The molecule has 0 aromatic heterocycles. The van der Waals surface area contributed by atoms with Gasteiger partial charge in [0.1, 0.15) is 0 Å². The molecule has 0 saturated heterocycles. The zero-order chi connectivity index (χ0) is 13.6. The van der Waals surface area contributed by atoms with Crippen molar-refractivity contribution in [1.82, 2.24) is 4.72 Å².